The zero-order valence-electron chi connectivity index (χ0n) is 7.53. The summed E-state index contributed by atoms with van der Waals surface area (Å²) >= 11 is 0. The Hall–Kier alpha value is -1.51. The first-order valence-corrected chi connectivity index (χ1v) is 4.24. The highest BCUT2D eigenvalue weighted by molar-refractivity contribution is 5.80. The van der Waals surface area contributed by atoms with Gasteiger partial charge in [0.05, 0.1) is 13.7 Å². The number of hydrogen-bond acceptors (Lipinski definition) is 3. The SMILES string of the molecule is COc1ccc(N2[C]=NCC2)cc1. The number of aliphatic imine (C=N–C) groups is 1. The lowest BCUT2D eigenvalue weighted by molar-refractivity contribution is 0.415. The third-order valence-corrected chi connectivity index (χ3v) is 2.01. The molecule has 0 atom stereocenters. The Morgan fingerprint density at radius 3 is 2.69 bits per heavy atom. The number of methoxy groups -OCH3 is 1. The average molecular weight is 175 g/mol. The van der Waals surface area contributed by atoms with Crippen molar-refractivity contribution in [1.29, 1.82) is 0 Å². The van der Waals surface area contributed by atoms with E-state index < -0.39 is 0 Å². The number of benzene rings is 1. The summed E-state index contributed by atoms with van der Waals surface area (Å²) in [7, 11) is 1.67. The first kappa shape index (κ1) is 8.10. The van der Waals surface area contributed by atoms with E-state index in [1.54, 1.807) is 7.11 Å². The van der Waals surface area contributed by atoms with Crippen LogP contribution in [0.2, 0.25) is 0 Å². The van der Waals surface area contributed by atoms with Gasteiger partial charge in [0.2, 0.25) is 0 Å². The normalized spacial score (nSPS) is 15.0. The maximum absolute atomic E-state index is 5.07. The van der Waals surface area contributed by atoms with Crippen LogP contribution in [0.3, 0.4) is 0 Å². The molecule has 0 aromatic heterocycles. The van der Waals surface area contributed by atoms with E-state index in [2.05, 4.69) is 11.3 Å². The van der Waals surface area contributed by atoms with Crippen LogP contribution in [0.4, 0.5) is 5.69 Å². The van der Waals surface area contributed by atoms with Crippen LogP contribution in [0.15, 0.2) is 29.3 Å². The van der Waals surface area contributed by atoms with Gasteiger partial charge < -0.3 is 9.64 Å². The number of anilines is 1. The van der Waals surface area contributed by atoms with Gasteiger partial charge in [-0.25, -0.2) is 0 Å². The third kappa shape index (κ3) is 1.64. The van der Waals surface area contributed by atoms with E-state index >= 15 is 0 Å². The summed E-state index contributed by atoms with van der Waals surface area (Å²) < 4.78 is 5.07. The molecular formula is C10H11N2O. The van der Waals surface area contributed by atoms with Gasteiger partial charge >= 0.3 is 0 Å². The molecule has 0 spiro atoms. The summed E-state index contributed by atoms with van der Waals surface area (Å²) in [6.45, 7) is 1.76. The van der Waals surface area contributed by atoms with Crippen molar-refractivity contribution >= 4 is 12.0 Å². The van der Waals surface area contributed by atoms with Crippen LogP contribution in [0.25, 0.3) is 0 Å². The van der Waals surface area contributed by atoms with E-state index in [0.29, 0.717) is 0 Å². The van der Waals surface area contributed by atoms with E-state index in [4.69, 9.17) is 4.74 Å². The fourth-order valence-corrected chi connectivity index (χ4v) is 1.28. The van der Waals surface area contributed by atoms with E-state index in [-0.39, 0.29) is 0 Å². The molecule has 0 saturated heterocycles. The minimum absolute atomic E-state index is 0.839. The molecule has 3 nitrogen and oxygen atoms in total. The molecule has 1 aromatic rings. The van der Waals surface area contributed by atoms with E-state index in [1.807, 2.05) is 29.2 Å². The number of rotatable bonds is 2. The van der Waals surface area contributed by atoms with Crippen molar-refractivity contribution in [1.82, 2.24) is 0 Å². The number of nitrogens with zero attached hydrogens (tertiary/aromatic N) is 2. The van der Waals surface area contributed by atoms with Gasteiger partial charge in [-0.1, -0.05) is 0 Å². The van der Waals surface area contributed by atoms with E-state index in [1.165, 1.54) is 0 Å². The Bertz CT molecular complexity index is 305. The molecule has 13 heavy (non-hydrogen) atoms. The van der Waals surface area contributed by atoms with Gasteiger partial charge in [0.1, 0.15) is 5.75 Å². The maximum atomic E-state index is 5.07. The van der Waals surface area contributed by atoms with Crippen molar-refractivity contribution in [3.63, 3.8) is 0 Å². The van der Waals surface area contributed by atoms with Gasteiger partial charge in [0.15, 0.2) is 6.34 Å². The quantitative estimate of drug-likeness (QED) is 0.679. The van der Waals surface area contributed by atoms with Gasteiger partial charge in [0.25, 0.3) is 0 Å². The molecule has 0 bridgehead atoms. The fourth-order valence-electron chi connectivity index (χ4n) is 1.28. The molecule has 1 aliphatic heterocycles. The lowest BCUT2D eigenvalue weighted by Gasteiger charge is -2.12. The molecule has 1 aromatic carbocycles. The molecule has 0 fully saturated rings. The zero-order valence-corrected chi connectivity index (χ0v) is 7.53. The molecule has 0 amide bonds. The largest absolute Gasteiger partial charge is 0.497 e. The highest BCUT2D eigenvalue weighted by atomic mass is 16.5. The van der Waals surface area contributed by atoms with Crippen LogP contribution < -0.4 is 9.64 Å². The predicted octanol–water partition coefficient (Wildman–Crippen LogP) is 1.42. The number of hydrogen-bond donors (Lipinski definition) is 0. The van der Waals surface area contributed by atoms with Crippen molar-refractivity contribution in [3.05, 3.63) is 24.3 Å². The molecular weight excluding hydrogens is 164 g/mol. The molecule has 0 unspecified atom stereocenters. The summed E-state index contributed by atoms with van der Waals surface area (Å²) in [6, 6.07) is 7.89. The van der Waals surface area contributed by atoms with Gasteiger partial charge in [0, 0.05) is 12.2 Å². The van der Waals surface area contributed by atoms with Crippen molar-refractivity contribution in [3.8, 4) is 5.75 Å². The lowest BCUT2D eigenvalue weighted by atomic mass is 10.3. The highest BCUT2D eigenvalue weighted by Gasteiger charge is 2.08. The van der Waals surface area contributed by atoms with Gasteiger partial charge in [-0.2, -0.15) is 0 Å². The summed E-state index contributed by atoms with van der Waals surface area (Å²) in [5, 5.41) is 0. The first-order chi connectivity index (χ1) is 6.40. The Morgan fingerprint density at radius 1 is 1.38 bits per heavy atom. The van der Waals surface area contributed by atoms with Crippen LogP contribution >= 0.6 is 0 Å². The molecule has 67 valence electrons. The molecule has 1 aliphatic rings. The van der Waals surface area contributed by atoms with Crippen LogP contribution in [0, 0.1) is 0 Å². The van der Waals surface area contributed by atoms with Crippen molar-refractivity contribution in [2.75, 3.05) is 25.1 Å². The Balaban J connectivity index is 2.17. The third-order valence-electron chi connectivity index (χ3n) is 2.01. The molecule has 0 saturated carbocycles. The summed E-state index contributed by atoms with van der Waals surface area (Å²) in [6.07, 6.45) is 2.93. The van der Waals surface area contributed by atoms with E-state index in [9.17, 15) is 0 Å². The first-order valence-electron chi connectivity index (χ1n) is 4.24. The van der Waals surface area contributed by atoms with Crippen LogP contribution in [-0.2, 0) is 0 Å². The zero-order chi connectivity index (χ0) is 9.10. The molecule has 1 radical (unpaired) electrons. The molecule has 1 heterocycles. The fraction of sp³-hybridized carbons (Fsp3) is 0.300. The minimum Gasteiger partial charge on any atom is -0.497 e. The molecule has 0 aliphatic carbocycles. The maximum Gasteiger partial charge on any atom is 0.171 e. The summed E-state index contributed by atoms with van der Waals surface area (Å²) in [4.78, 5) is 6.03. The standard InChI is InChI=1S/C10H11N2O/c1-13-10-4-2-9(3-5-10)12-7-6-11-8-12/h2-5H,6-7H2,1H3. The van der Waals surface area contributed by atoms with Crippen molar-refractivity contribution in [2.45, 2.75) is 0 Å². The lowest BCUT2D eigenvalue weighted by Crippen LogP contribution is -2.17. The monoisotopic (exact) mass is 175 g/mol. The molecule has 2 rings (SSSR count). The van der Waals surface area contributed by atoms with Gasteiger partial charge in [-0.15, -0.1) is 0 Å². The van der Waals surface area contributed by atoms with Crippen molar-refractivity contribution < 1.29 is 4.74 Å². The molecule has 3 heteroatoms. The predicted molar refractivity (Wildman–Crippen MR) is 52.6 cm³/mol. The second-order valence-corrected chi connectivity index (χ2v) is 2.83. The Kier molecular flexibility index (Phi) is 2.17. The minimum atomic E-state index is 0.839. The topological polar surface area (TPSA) is 24.8 Å². The Labute approximate surface area is 77.7 Å². The van der Waals surface area contributed by atoms with Crippen LogP contribution in [0.5, 0.6) is 5.75 Å². The van der Waals surface area contributed by atoms with Crippen molar-refractivity contribution in [2.24, 2.45) is 4.99 Å². The second-order valence-electron chi connectivity index (χ2n) is 2.83. The molecule has 0 N–H and O–H groups in total. The summed E-state index contributed by atoms with van der Waals surface area (Å²) in [5.74, 6) is 0.875. The second kappa shape index (κ2) is 3.47. The summed E-state index contributed by atoms with van der Waals surface area (Å²) in [5.41, 5.74) is 1.11. The van der Waals surface area contributed by atoms with Crippen LogP contribution in [0.1, 0.15) is 0 Å². The Morgan fingerprint density at radius 2 is 2.15 bits per heavy atom. The van der Waals surface area contributed by atoms with E-state index in [0.717, 1.165) is 24.5 Å². The number of ether oxygens (including phenoxy) is 1. The highest BCUT2D eigenvalue weighted by Crippen LogP contribution is 2.19. The average Bonchev–Trinajstić information content (AvgIpc) is 2.71. The van der Waals surface area contributed by atoms with Gasteiger partial charge in [-0.05, 0) is 24.3 Å². The van der Waals surface area contributed by atoms with Gasteiger partial charge in [-0.3, -0.25) is 4.99 Å². The van der Waals surface area contributed by atoms with Crippen LogP contribution in [-0.4, -0.2) is 26.5 Å². The smallest absolute Gasteiger partial charge is 0.171 e.